The normalized spacial score (nSPS) is 18.8. The number of hydrogen-bond donors (Lipinski definition) is 1. The first kappa shape index (κ1) is 22.6. The summed E-state index contributed by atoms with van der Waals surface area (Å²) in [7, 11) is -3.59. The quantitative estimate of drug-likeness (QED) is 0.707. The molecular formula is C21H33N3O3S2. The van der Waals surface area contributed by atoms with E-state index in [9.17, 15) is 13.2 Å². The number of carbonyl (C=O) groups is 1. The van der Waals surface area contributed by atoms with Gasteiger partial charge in [-0.05, 0) is 68.9 Å². The number of sulfonamides is 1. The number of carbonyl (C=O) groups excluding carboxylic acids is 1. The van der Waals surface area contributed by atoms with Gasteiger partial charge in [0.15, 0.2) is 0 Å². The van der Waals surface area contributed by atoms with E-state index in [1.165, 1.54) is 13.3 Å². The van der Waals surface area contributed by atoms with Gasteiger partial charge in [-0.3, -0.25) is 4.79 Å². The number of nitrogens with zero attached hydrogens (tertiary/aromatic N) is 2. The molecule has 29 heavy (non-hydrogen) atoms. The molecule has 1 amide bonds. The molecule has 2 heterocycles. The van der Waals surface area contributed by atoms with Gasteiger partial charge in [0.25, 0.3) is 0 Å². The molecule has 8 heteroatoms. The number of fused-ring (bicyclic) bond motifs is 1. The lowest BCUT2D eigenvalue weighted by Crippen LogP contribution is -2.39. The third-order valence-corrected chi connectivity index (χ3v) is 8.24. The molecule has 1 N–H and O–H groups in total. The van der Waals surface area contributed by atoms with Gasteiger partial charge in [-0.2, -0.15) is 0 Å². The van der Waals surface area contributed by atoms with Crippen molar-refractivity contribution in [2.45, 2.75) is 49.8 Å². The van der Waals surface area contributed by atoms with Crippen molar-refractivity contribution in [3.8, 4) is 0 Å². The Morgan fingerprint density at radius 1 is 1.24 bits per heavy atom. The fraction of sp³-hybridized carbons (Fsp3) is 0.667. The molecule has 3 rings (SSSR count). The van der Waals surface area contributed by atoms with Gasteiger partial charge in [-0.1, -0.05) is 13.8 Å². The molecule has 0 saturated carbocycles. The zero-order valence-corrected chi connectivity index (χ0v) is 19.3. The van der Waals surface area contributed by atoms with Crippen LogP contribution in [0.3, 0.4) is 0 Å². The van der Waals surface area contributed by atoms with E-state index in [0.29, 0.717) is 30.6 Å². The SMILES string of the molecule is CC(=O)N1CCSc2ccc(S(=O)(=O)NCC3CCN(CCC(C)C)CC3)cc21. The molecule has 0 atom stereocenters. The molecule has 0 spiro atoms. The average Bonchev–Trinajstić information content (AvgIpc) is 2.70. The third-order valence-electron chi connectivity index (χ3n) is 5.78. The first-order valence-electron chi connectivity index (χ1n) is 10.5. The molecule has 1 aromatic rings. The zero-order chi connectivity index (χ0) is 21.0. The molecular weight excluding hydrogens is 406 g/mol. The second-order valence-corrected chi connectivity index (χ2v) is 11.4. The number of likely N-dealkylation sites (tertiary alicyclic amines) is 1. The fourth-order valence-electron chi connectivity index (χ4n) is 3.86. The molecule has 6 nitrogen and oxygen atoms in total. The second kappa shape index (κ2) is 9.81. The Morgan fingerprint density at radius 2 is 1.97 bits per heavy atom. The number of hydrogen-bond acceptors (Lipinski definition) is 5. The zero-order valence-electron chi connectivity index (χ0n) is 17.7. The molecule has 0 aromatic heterocycles. The van der Waals surface area contributed by atoms with Crippen molar-refractivity contribution in [3.05, 3.63) is 18.2 Å². The van der Waals surface area contributed by atoms with E-state index in [1.807, 2.05) is 6.07 Å². The number of piperidine rings is 1. The Balaban J connectivity index is 1.58. The van der Waals surface area contributed by atoms with Crippen LogP contribution in [0.2, 0.25) is 0 Å². The Bertz CT molecular complexity index is 818. The van der Waals surface area contributed by atoms with E-state index in [4.69, 9.17) is 0 Å². The van der Waals surface area contributed by atoms with Crippen molar-refractivity contribution in [3.63, 3.8) is 0 Å². The standard InChI is InChI=1S/C21H33N3O3S2/c1-16(2)6-9-23-10-7-18(8-11-23)15-22-29(26,27)19-4-5-21-20(14-19)24(17(3)25)12-13-28-21/h4-5,14,16,18,22H,6-13,15H2,1-3H3. The summed E-state index contributed by atoms with van der Waals surface area (Å²) < 4.78 is 28.5. The van der Waals surface area contributed by atoms with Gasteiger partial charge in [0.2, 0.25) is 15.9 Å². The highest BCUT2D eigenvalue weighted by molar-refractivity contribution is 7.99. The first-order valence-corrected chi connectivity index (χ1v) is 13.0. The number of benzene rings is 1. The number of anilines is 1. The third kappa shape index (κ3) is 5.96. The average molecular weight is 440 g/mol. The van der Waals surface area contributed by atoms with Crippen LogP contribution >= 0.6 is 11.8 Å². The van der Waals surface area contributed by atoms with Crippen LogP contribution < -0.4 is 9.62 Å². The predicted molar refractivity (Wildman–Crippen MR) is 119 cm³/mol. The summed E-state index contributed by atoms with van der Waals surface area (Å²) in [4.78, 5) is 17.3. The van der Waals surface area contributed by atoms with Crippen LogP contribution in [0.5, 0.6) is 0 Å². The van der Waals surface area contributed by atoms with Crippen molar-refractivity contribution in [2.75, 3.05) is 43.4 Å². The van der Waals surface area contributed by atoms with Crippen molar-refractivity contribution >= 4 is 33.4 Å². The lowest BCUT2D eigenvalue weighted by atomic mass is 9.96. The first-order chi connectivity index (χ1) is 13.8. The number of amides is 1. The van der Waals surface area contributed by atoms with Crippen LogP contribution in [0.4, 0.5) is 5.69 Å². The molecule has 1 saturated heterocycles. The molecule has 162 valence electrons. The van der Waals surface area contributed by atoms with Crippen molar-refractivity contribution in [2.24, 2.45) is 11.8 Å². The summed E-state index contributed by atoms with van der Waals surface area (Å²) in [5.41, 5.74) is 0.704. The van der Waals surface area contributed by atoms with E-state index in [-0.39, 0.29) is 10.8 Å². The van der Waals surface area contributed by atoms with Crippen LogP contribution in [0.1, 0.15) is 40.0 Å². The lowest BCUT2D eigenvalue weighted by Gasteiger charge is -2.32. The second-order valence-electron chi connectivity index (χ2n) is 8.47. The topological polar surface area (TPSA) is 69.7 Å². The number of thioether (sulfide) groups is 1. The Labute approximate surface area is 179 Å². The maximum absolute atomic E-state index is 12.8. The fourth-order valence-corrected chi connectivity index (χ4v) is 5.97. The highest BCUT2D eigenvalue weighted by atomic mass is 32.2. The summed E-state index contributed by atoms with van der Waals surface area (Å²) in [6.07, 6.45) is 3.27. The minimum Gasteiger partial charge on any atom is -0.311 e. The van der Waals surface area contributed by atoms with Gasteiger partial charge in [-0.15, -0.1) is 11.8 Å². The van der Waals surface area contributed by atoms with E-state index in [2.05, 4.69) is 23.5 Å². The summed E-state index contributed by atoms with van der Waals surface area (Å²) in [6.45, 7) is 10.3. The maximum atomic E-state index is 12.8. The van der Waals surface area contributed by atoms with Crippen molar-refractivity contribution in [1.82, 2.24) is 9.62 Å². The van der Waals surface area contributed by atoms with Crippen LogP contribution in [0.15, 0.2) is 28.0 Å². The maximum Gasteiger partial charge on any atom is 0.240 e. The van der Waals surface area contributed by atoms with Crippen molar-refractivity contribution in [1.29, 1.82) is 0 Å². The van der Waals surface area contributed by atoms with Crippen molar-refractivity contribution < 1.29 is 13.2 Å². The predicted octanol–water partition coefficient (Wildman–Crippen LogP) is 3.18. The summed E-state index contributed by atoms with van der Waals surface area (Å²) in [5, 5.41) is 0. The molecule has 0 unspecified atom stereocenters. The molecule has 1 aromatic carbocycles. The van der Waals surface area contributed by atoms with E-state index in [0.717, 1.165) is 43.1 Å². The van der Waals surface area contributed by atoms with Gasteiger partial charge in [0.1, 0.15) is 0 Å². The molecule has 2 aliphatic rings. The van der Waals surface area contributed by atoms with Crippen LogP contribution in [0.25, 0.3) is 0 Å². The molecule has 0 aliphatic carbocycles. The summed E-state index contributed by atoms with van der Waals surface area (Å²) in [6, 6.07) is 5.10. The molecule has 2 aliphatic heterocycles. The highest BCUT2D eigenvalue weighted by Gasteiger charge is 2.25. The van der Waals surface area contributed by atoms with E-state index in [1.54, 1.807) is 28.8 Å². The van der Waals surface area contributed by atoms with Crippen LogP contribution in [0, 0.1) is 11.8 Å². The highest BCUT2D eigenvalue weighted by Crippen LogP contribution is 2.36. The monoisotopic (exact) mass is 439 g/mol. The van der Waals surface area contributed by atoms with Gasteiger partial charge in [0, 0.05) is 30.7 Å². The minimum atomic E-state index is -3.59. The molecule has 0 bridgehead atoms. The Morgan fingerprint density at radius 3 is 2.62 bits per heavy atom. The molecule has 1 fully saturated rings. The van der Waals surface area contributed by atoms with E-state index < -0.39 is 10.0 Å². The van der Waals surface area contributed by atoms with Gasteiger partial charge < -0.3 is 9.80 Å². The van der Waals surface area contributed by atoms with E-state index >= 15 is 0 Å². The van der Waals surface area contributed by atoms with Gasteiger partial charge in [-0.25, -0.2) is 13.1 Å². The van der Waals surface area contributed by atoms with Gasteiger partial charge >= 0.3 is 0 Å². The van der Waals surface area contributed by atoms with Crippen LogP contribution in [-0.4, -0.2) is 57.7 Å². The van der Waals surface area contributed by atoms with Gasteiger partial charge in [0.05, 0.1) is 10.6 Å². The summed E-state index contributed by atoms with van der Waals surface area (Å²) in [5.74, 6) is 1.86. The van der Waals surface area contributed by atoms with Crippen LogP contribution in [-0.2, 0) is 14.8 Å². The number of nitrogens with one attached hydrogen (secondary N) is 1. The number of rotatable bonds is 7. The minimum absolute atomic E-state index is 0.0571. The molecule has 0 radical (unpaired) electrons. The lowest BCUT2D eigenvalue weighted by molar-refractivity contribution is -0.116. The largest absolute Gasteiger partial charge is 0.311 e. The smallest absolute Gasteiger partial charge is 0.240 e. The summed E-state index contributed by atoms with van der Waals surface area (Å²) >= 11 is 1.66. The Hall–Kier alpha value is -1.09. The Kier molecular flexibility index (Phi) is 7.64.